The minimum Gasteiger partial charge on any atom is -0.397 e. The molecule has 0 aromatic heterocycles. The van der Waals surface area contributed by atoms with Crippen molar-refractivity contribution in [3.63, 3.8) is 0 Å². The molecule has 0 spiro atoms. The Labute approximate surface area is 90.6 Å². The Hall–Kier alpha value is -1.22. The molecule has 1 aromatic carbocycles. The average molecular weight is 206 g/mol. The molecule has 0 bridgehead atoms. The molecule has 1 fully saturated rings. The summed E-state index contributed by atoms with van der Waals surface area (Å²) in [7, 11) is 0. The van der Waals surface area contributed by atoms with E-state index in [1.54, 1.807) is 0 Å². The molecule has 3 nitrogen and oxygen atoms in total. The number of hydrogen-bond donors (Lipinski definition) is 2. The summed E-state index contributed by atoms with van der Waals surface area (Å²) in [5.41, 5.74) is 9.02. The first-order valence-electron chi connectivity index (χ1n) is 5.32. The highest BCUT2D eigenvalue weighted by Gasteiger charge is 2.30. The molecule has 3 N–H and O–H groups in total. The summed E-state index contributed by atoms with van der Waals surface area (Å²) in [5, 5.41) is 3.50. The molecule has 2 rings (SSSR count). The van der Waals surface area contributed by atoms with Crippen LogP contribution in [0, 0.1) is 6.92 Å². The highest BCUT2D eigenvalue weighted by molar-refractivity contribution is 5.70. The van der Waals surface area contributed by atoms with Crippen LogP contribution < -0.4 is 11.1 Å². The second-order valence-electron chi connectivity index (χ2n) is 4.53. The van der Waals surface area contributed by atoms with Gasteiger partial charge in [-0.15, -0.1) is 0 Å². The van der Waals surface area contributed by atoms with Gasteiger partial charge in [-0.1, -0.05) is 12.1 Å². The minimum absolute atomic E-state index is 0.0280. The second kappa shape index (κ2) is 3.74. The molecular weight excluding hydrogens is 188 g/mol. The topological polar surface area (TPSA) is 47.3 Å². The number of rotatable bonds is 2. The van der Waals surface area contributed by atoms with E-state index in [-0.39, 0.29) is 5.54 Å². The standard InChI is InChI=1S/C12H18N2O/c1-9-4-3-5-10(13)11(9)14-12(2)6-7-15-8-12/h3-5,14H,6-8,13H2,1-2H3. The zero-order valence-corrected chi connectivity index (χ0v) is 9.34. The highest BCUT2D eigenvalue weighted by Crippen LogP contribution is 2.29. The van der Waals surface area contributed by atoms with Crippen molar-refractivity contribution in [1.29, 1.82) is 0 Å². The molecule has 1 aliphatic rings. The molecule has 15 heavy (non-hydrogen) atoms. The van der Waals surface area contributed by atoms with Gasteiger partial charge in [-0.25, -0.2) is 0 Å². The summed E-state index contributed by atoms with van der Waals surface area (Å²) in [6, 6.07) is 5.97. The van der Waals surface area contributed by atoms with E-state index in [2.05, 4.69) is 25.2 Å². The number of nitrogen functional groups attached to an aromatic ring is 1. The maximum Gasteiger partial charge on any atom is 0.0694 e. The maximum absolute atomic E-state index is 5.96. The van der Waals surface area contributed by atoms with Crippen LogP contribution in [0.4, 0.5) is 11.4 Å². The first kappa shape index (κ1) is 10.3. The van der Waals surface area contributed by atoms with Crippen molar-refractivity contribution in [3.8, 4) is 0 Å². The van der Waals surface area contributed by atoms with Gasteiger partial charge in [0.1, 0.15) is 0 Å². The molecule has 0 amide bonds. The Morgan fingerprint density at radius 3 is 2.87 bits per heavy atom. The molecule has 0 saturated carbocycles. The van der Waals surface area contributed by atoms with Crippen LogP contribution in [-0.4, -0.2) is 18.8 Å². The van der Waals surface area contributed by atoms with E-state index in [9.17, 15) is 0 Å². The number of nitrogens with two attached hydrogens (primary N) is 1. The van der Waals surface area contributed by atoms with Crippen molar-refractivity contribution in [2.24, 2.45) is 0 Å². The van der Waals surface area contributed by atoms with Gasteiger partial charge in [-0.05, 0) is 31.9 Å². The first-order chi connectivity index (χ1) is 7.11. The third-order valence-electron chi connectivity index (χ3n) is 2.95. The van der Waals surface area contributed by atoms with Gasteiger partial charge >= 0.3 is 0 Å². The van der Waals surface area contributed by atoms with Gasteiger partial charge in [0, 0.05) is 6.61 Å². The van der Waals surface area contributed by atoms with Gasteiger partial charge in [0.25, 0.3) is 0 Å². The fourth-order valence-corrected chi connectivity index (χ4v) is 1.93. The molecule has 1 atom stereocenters. The summed E-state index contributed by atoms with van der Waals surface area (Å²) >= 11 is 0. The summed E-state index contributed by atoms with van der Waals surface area (Å²) in [5.74, 6) is 0. The lowest BCUT2D eigenvalue weighted by molar-refractivity contribution is 0.185. The Kier molecular flexibility index (Phi) is 2.57. The minimum atomic E-state index is 0.0280. The largest absolute Gasteiger partial charge is 0.397 e. The third kappa shape index (κ3) is 2.07. The van der Waals surface area contributed by atoms with Crippen LogP contribution in [0.3, 0.4) is 0 Å². The van der Waals surface area contributed by atoms with Crippen LogP contribution in [0.5, 0.6) is 0 Å². The Morgan fingerprint density at radius 1 is 1.47 bits per heavy atom. The lowest BCUT2D eigenvalue weighted by Crippen LogP contribution is -2.35. The lowest BCUT2D eigenvalue weighted by atomic mass is 10.00. The lowest BCUT2D eigenvalue weighted by Gasteiger charge is -2.27. The van der Waals surface area contributed by atoms with Crippen molar-refractivity contribution >= 4 is 11.4 Å². The molecule has 1 saturated heterocycles. The van der Waals surface area contributed by atoms with Crippen molar-refractivity contribution in [2.45, 2.75) is 25.8 Å². The SMILES string of the molecule is Cc1cccc(N)c1NC1(C)CCOC1. The Morgan fingerprint density at radius 2 is 2.27 bits per heavy atom. The molecule has 0 aliphatic carbocycles. The maximum atomic E-state index is 5.96. The van der Waals surface area contributed by atoms with Gasteiger partial charge in [0.15, 0.2) is 0 Å². The van der Waals surface area contributed by atoms with Gasteiger partial charge < -0.3 is 15.8 Å². The van der Waals surface area contributed by atoms with Crippen LogP contribution >= 0.6 is 0 Å². The smallest absolute Gasteiger partial charge is 0.0694 e. The number of para-hydroxylation sites is 1. The van der Waals surface area contributed by atoms with Crippen LogP contribution in [0.1, 0.15) is 18.9 Å². The van der Waals surface area contributed by atoms with E-state index in [0.29, 0.717) is 0 Å². The first-order valence-corrected chi connectivity index (χ1v) is 5.32. The quantitative estimate of drug-likeness (QED) is 0.729. The Balaban J connectivity index is 2.23. The average Bonchev–Trinajstić information content (AvgIpc) is 2.60. The van der Waals surface area contributed by atoms with Gasteiger partial charge in [0.2, 0.25) is 0 Å². The highest BCUT2D eigenvalue weighted by atomic mass is 16.5. The molecule has 0 radical (unpaired) electrons. The fourth-order valence-electron chi connectivity index (χ4n) is 1.93. The zero-order chi connectivity index (χ0) is 10.9. The van der Waals surface area contributed by atoms with Gasteiger partial charge in [-0.3, -0.25) is 0 Å². The molecule has 1 aliphatic heterocycles. The van der Waals surface area contributed by atoms with Crippen molar-refractivity contribution in [1.82, 2.24) is 0 Å². The molecule has 1 unspecified atom stereocenters. The van der Waals surface area contributed by atoms with Crippen molar-refractivity contribution in [2.75, 3.05) is 24.3 Å². The number of aryl methyl sites for hydroxylation is 1. The number of ether oxygens (including phenoxy) is 1. The van der Waals surface area contributed by atoms with E-state index in [0.717, 1.165) is 31.0 Å². The zero-order valence-electron chi connectivity index (χ0n) is 9.34. The molecule has 1 heterocycles. The van der Waals surface area contributed by atoms with E-state index in [4.69, 9.17) is 10.5 Å². The normalized spacial score (nSPS) is 25.5. The fraction of sp³-hybridized carbons (Fsp3) is 0.500. The summed E-state index contributed by atoms with van der Waals surface area (Å²) in [6.45, 7) is 5.82. The van der Waals surface area contributed by atoms with Crippen molar-refractivity contribution in [3.05, 3.63) is 23.8 Å². The van der Waals surface area contributed by atoms with Crippen LogP contribution in [0.15, 0.2) is 18.2 Å². The predicted molar refractivity (Wildman–Crippen MR) is 63.1 cm³/mol. The summed E-state index contributed by atoms with van der Waals surface area (Å²) < 4.78 is 5.41. The second-order valence-corrected chi connectivity index (χ2v) is 4.53. The third-order valence-corrected chi connectivity index (χ3v) is 2.95. The van der Waals surface area contributed by atoms with Crippen molar-refractivity contribution < 1.29 is 4.74 Å². The molecule has 3 heteroatoms. The van der Waals surface area contributed by atoms with Crippen LogP contribution in [0.2, 0.25) is 0 Å². The molecular formula is C12H18N2O. The van der Waals surface area contributed by atoms with E-state index >= 15 is 0 Å². The van der Waals surface area contributed by atoms with Crippen LogP contribution in [0.25, 0.3) is 0 Å². The molecule has 1 aromatic rings. The summed E-state index contributed by atoms with van der Waals surface area (Å²) in [4.78, 5) is 0. The van der Waals surface area contributed by atoms with Gasteiger partial charge in [0.05, 0.1) is 23.5 Å². The van der Waals surface area contributed by atoms with E-state index in [1.165, 1.54) is 5.56 Å². The Bertz CT molecular complexity index is 336. The number of hydrogen-bond acceptors (Lipinski definition) is 3. The van der Waals surface area contributed by atoms with Gasteiger partial charge in [-0.2, -0.15) is 0 Å². The molecule has 82 valence electrons. The number of anilines is 2. The van der Waals surface area contributed by atoms with E-state index < -0.39 is 0 Å². The predicted octanol–water partition coefficient (Wildman–Crippen LogP) is 2.17. The van der Waals surface area contributed by atoms with E-state index in [1.807, 2.05) is 12.1 Å². The number of nitrogens with one attached hydrogen (secondary N) is 1. The monoisotopic (exact) mass is 206 g/mol. The summed E-state index contributed by atoms with van der Waals surface area (Å²) in [6.07, 6.45) is 1.03. The van der Waals surface area contributed by atoms with Crippen LogP contribution in [-0.2, 0) is 4.74 Å². The number of benzene rings is 1.